The van der Waals surface area contributed by atoms with Gasteiger partial charge in [0, 0.05) is 18.3 Å². The first-order valence-corrected chi connectivity index (χ1v) is 7.60. The van der Waals surface area contributed by atoms with E-state index >= 15 is 0 Å². The Hall–Kier alpha value is -0.940. The number of rotatable bonds is 6. The van der Waals surface area contributed by atoms with E-state index in [1.165, 1.54) is 37.0 Å². The molecule has 1 amide bonds. The minimum absolute atomic E-state index is 0.0486. The van der Waals surface area contributed by atoms with Gasteiger partial charge < -0.3 is 11.1 Å². The summed E-state index contributed by atoms with van der Waals surface area (Å²) in [6.07, 6.45) is 7.21. The molecule has 0 spiro atoms. The fourth-order valence-corrected chi connectivity index (χ4v) is 3.23. The van der Waals surface area contributed by atoms with E-state index in [2.05, 4.69) is 10.3 Å². The molecular weight excluding hydrogens is 246 g/mol. The van der Waals surface area contributed by atoms with Crippen molar-refractivity contribution in [1.29, 1.82) is 0 Å². The van der Waals surface area contributed by atoms with Gasteiger partial charge in [-0.15, -0.1) is 11.3 Å². The van der Waals surface area contributed by atoms with Crippen LogP contribution in [0.25, 0.3) is 0 Å². The number of carbonyl (C=O) groups is 1. The highest BCUT2D eigenvalue weighted by Crippen LogP contribution is 2.26. The largest absolute Gasteiger partial charge is 0.351 e. The van der Waals surface area contributed by atoms with Crippen molar-refractivity contribution in [3.8, 4) is 0 Å². The summed E-state index contributed by atoms with van der Waals surface area (Å²) in [6, 6.07) is 0. The molecule has 0 atom stereocenters. The topological polar surface area (TPSA) is 68.0 Å². The predicted molar refractivity (Wildman–Crippen MR) is 73.8 cm³/mol. The molecule has 0 unspecified atom stereocenters. The van der Waals surface area contributed by atoms with Crippen LogP contribution in [0.5, 0.6) is 0 Å². The van der Waals surface area contributed by atoms with Crippen molar-refractivity contribution in [1.82, 2.24) is 10.3 Å². The summed E-state index contributed by atoms with van der Waals surface area (Å²) in [5.41, 5.74) is 6.00. The van der Waals surface area contributed by atoms with Gasteiger partial charge in [-0.05, 0) is 18.9 Å². The molecule has 2 rings (SSSR count). The van der Waals surface area contributed by atoms with Gasteiger partial charge in [0.05, 0.1) is 5.01 Å². The van der Waals surface area contributed by atoms with E-state index in [1.807, 2.05) is 5.38 Å². The van der Waals surface area contributed by atoms with Gasteiger partial charge in [0.15, 0.2) is 0 Å². The lowest BCUT2D eigenvalue weighted by Crippen LogP contribution is -2.26. The van der Waals surface area contributed by atoms with Gasteiger partial charge in [-0.25, -0.2) is 4.98 Å². The van der Waals surface area contributed by atoms with Crippen molar-refractivity contribution >= 4 is 17.2 Å². The summed E-state index contributed by atoms with van der Waals surface area (Å²) in [5.74, 6) is 0.765. The lowest BCUT2D eigenvalue weighted by atomic mass is 10.0. The van der Waals surface area contributed by atoms with Crippen LogP contribution in [0.15, 0.2) is 5.38 Å². The average Bonchev–Trinajstić information content (AvgIpc) is 3.00. The normalized spacial score (nSPS) is 16.1. The van der Waals surface area contributed by atoms with E-state index in [9.17, 15) is 4.79 Å². The molecule has 0 radical (unpaired) electrons. The van der Waals surface area contributed by atoms with E-state index in [1.54, 1.807) is 0 Å². The molecule has 1 fully saturated rings. The first-order chi connectivity index (χ1) is 8.79. The maximum absolute atomic E-state index is 11.8. The SMILES string of the molecule is NCCc1nc(C(=O)NCCC2CCCC2)cs1. The maximum Gasteiger partial charge on any atom is 0.270 e. The number of nitrogens with one attached hydrogen (secondary N) is 1. The number of nitrogens with zero attached hydrogens (tertiary/aromatic N) is 1. The minimum Gasteiger partial charge on any atom is -0.351 e. The number of hydrogen-bond donors (Lipinski definition) is 2. The number of amides is 1. The Morgan fingerprint density at radius 3 is 3.00 bits per heavy atom. The summed E-state index contributed by atoms with van der Waals surface area (Å²) in [5, 5.41) is 5.71. The Morgan fingerprint density at radius 2 is 2.28 bits per heavy atom. The molecule has 0 bridgehead atoms. The maximum atomic E-state index is 11.8. The highest BCUT2D eigenvalue weighted by atomic mass is 32.1. The number of carbonyl (C=O) groups excluding carboxylic acids is 1. The van der Waals surface area contributed by atoms with E-state index in [0.717, 1.165) is 30.3 Å². The molecule has 4 nitrogen and oxygen atoms in total. The lowest BCUT2D eigenvalue weighted by molar-refractivity contribution is 0.0947. The molecule has 0 saturated heterocycles. The molecule has 3 N–H and O–H groups in total. The molecule has 1 saturated carbocycles. The molecule has 5 heteroatoms. The number of nitrogens with two attached hydrogens (primary N) is 1. The van der Waals surface area contributed by atoms with Crippen LogP contribution in [0.3, 0.4) is 0 Å². The monoisotopic (exact) mass is 267 g/mol. The highest BCUT2D eigenvalue weighted by molar-refractivity contribution is 7.09. The Kier molecular flexibility index (Phi) is 5.13. The van der Waals surface area contributed by atoms with Gasteiger partial charge in [0.1, 0.15) is 5.69 Å². The van der Waals surface area contributed by atoms with Gasteiger partial charge in [-0.3, -0.25) is 4.79 Å². The van der Waals surface area contributed by atoms with Crippen LogP contribution in [-0.2, 0) is 6.42 Å². The predicted octanol–water partition coefficient (Wildman–Crippen LogP) is 1.95. The van der Waals surface area contributed by atoms with Crippen molar-refractivity contribution < 1.29 is 4.79 Å². The second-order valence-corrected chi connectivity index (χ2v) is 5.80. The summed E-state index contributed by atoms with van der Waals surface area (Å²) in [4.78, 5) is 16.1. The lowest BCUT2D eigenvalue weighted by Gasteiger charge is -2.08. The number of hydrogen-bond acceptors (Lipinski definition) is 4. The molecule has 18 heavy (non-hydrogen) atoms. The molecule has 0 aliphatic heterocycles. The molecule has 1 aromatic heterocycles. The van der Waals surface area contributed by atoms with Gasteiger partial charge in [0.25, 0.3) is 5.91 Å². The second-order valence-electron chi connectivity index (χ2n) is 4.86. The van der Waals surface area contributed by atoms with Crippen LogP contribution in [0.2, 0.25) is 0 Å². The van der Waals surface area contributed by atoms with Crippen molar-refractivity contribution in [3.05, 3.63) is 16.1 Å². The van der Waals surface area contributed by atoms with E-state index in [4.69, 9.17) is 5.73 Å². The molecule has 1 aliphatic rings. The van der Waals surface area contributed by atoms with Crippen LogP contribution in [-0.4, -0.2) is 24.0 Å². The molecule has 1 heterocycles. The summed E-state index contributed by atoms with van der Waals surface area (Å²) in [7, 11) is 0. The van der Waals surface area contributed by atoms with Crippen molar-refractivity contribution in [3.63, 3.8) is 0 Å². The summed E-state index contributed by atoms with van der Waals surface area (Å²) < 4.78 is 0. The van der Waals surface area contributed by atoms with Crippen LogP contribution in [0, 0.1) is 5.92 Å². The Morgan fingerprint density at radius 1 is 1.50 bits per heavy atom. The van der Waals surface area contributed by atoms with E-state index in [0.29, 0.717) is 12.2 Å². The zero-order chi connectivity index (χ0) is 12.8. The molecule has 1 aromatic rings. The highest BCUT2D eigenvalue weighted by Gasteiger charge is 2.15. The van der Waals surface area contributed by atoms with Gasteiger partial charge in [-0.2, -0.15) is 0 Å². The van der Waals surface area contributed by atoms with E-state index in [-0.39, 0.29) is 5.91 Å². The van der Waals surface area contributed by atoms with Crippen molar-refractivity contribution in [2.75, 3.05) is 13.1 Å². The van der Waals surface area contributed by atoms with Gasteiger partial charge >= 0.3 is 0 Å². The van der Waals surface area contributed by atoms with Crippen molar-refractivity contribution in [2.24, 2.45) is 11.7 Å². The van der Waals surface area contributed by atoms with Gasteiger partial charge in [0.2, 0.25) is 0 Å². The quantitative estimate of drug-likeness (QED) is 0.828. The third-order valence-electron chi connectivity index (χ3n) is 3.46. The van der Waals surface area contributed by atoms with Crippen LogP contribution < -0.4 is 11.1 Å². The first-order valence-electron chi connectivity index (χ1n) is 6.72. The third kappa shape index (κ3) is 3.78. The van der Waals surface area contributed by atoms with Crippen LogP contribution >= 0.6 is 11.3 Å². The minimum atomic E-state index is -0.0486. The first kappa shape index (κ1) is 13.5. The fraction of sp³-hybridized carbons (Fsp3) is 0.692. The molecule has 1 aliphatic carbocycles. The van der Waals surface area contributed by atoms with Crippen LogP contribution in [0.1, 0.15) is 47.6 Å². The molecule has 0 aromatic carbocycles. The zero-order valence-electron chi connectivity index (χ0n) is 10.7. The number of aromatic nitrogens is 1. The van der Waals surface area contributed by atoms with Gasteiger partial charge in [-0.1, -0.05) is 25.7 Å². The Labute approximate surface area is 112 Å². The Bertz CT molecular complexity index is 385. The summed E-state index contributed by atoms with van der Waals surface area (Å²) >= 11 is 1.51. The standard InChI is InChI=1S/C13H21N3OS/c14-7-5-12-16-11(9-18-12)13(17)15-8-6-10-3-1-2-4-10/h9-10H,1-8,14H2,(H,15,17). The van der Waals surface area contributed by atoms with E-state index < -0.39 is 0 Å². The average molecular weight is 267 g/mol. The van der Waals surface area contributed by atoms with Crippen LogP contribution in [0.4, 0.5) is 0 Å². The smallest absolute Gasteiger partial charge is 0.270 e. The third-order valence-corrected chi connectivity index (χ3v) is 4.36. The Balaban J connectivity index is 1.72. The van der Waals surface area contributed by atoms with Crippen molar-refractivity contribution in [2.45, 2.75) is 38.5 Å². The summed E-state index contributed by atoms with van der Waals surface area (Å²) in [6.45, 7) is 1.35. The number of thiazole rings is 1. The molecule has 100 valence electrons. The second kappa shape index (κ2) is 6.85. The fourth-order valence-electron chi connectivity index (χ4n) is 2.43. The zero-order valence-corrected chi connectivity index (χ0v) is 11.5. The molecular formula is C13H21N3OS.